The van der Waals surface area contributed by atoms with Crippen molar-refractivity contribution >= 4 is 21.8 Å². The molecule has 0 radical (unpaired) electrons. The summed E-state index contributed by atoms with van der Waals surface area (Å²) in [7, 11) is -4.29. The predicted molar refractivity (Wildman–Crippen MR) is 99.1 cm³/mol. The van der Waals surface area contributed by atoms with Gasteiger partial charge in [-0.2, -0.15) is 0 Å². The molecule has 0 amide bonds. The van der Waals surface area contributed by atoms with Gasteiger partial charge in [-0.3, -0.25) is 0 Å². The summed E-state index contributed by atoms with van der Waals surface area (Å²) >= 11 is 0. The van der Waals surface area contributed by atoms with Gasteiger partial charge in [-0.15, -0.1) is 0 Å². The summed E-state index contributed by atoms with van der Waals surface area (Å²) < 4.78 is 36.2. The highest BCUT2D eigenvalue weighted by atomic mass is 32.2. The number of benzene rings is 2. The van der Waals surface area contributed by atoms with Crippen LogP contribution in [-0.4, -0.2) is 42.6 Å². The van der Waals surface area contributed by atoms with Crippen LogP contribution in [0.25, 0.3) is 0 Å². The summed E-state index contributed by atoms with van der Waals surface area (Å²) in [6, 6.07) is 9.07. The maximum absolute atomic E-state index is 13.0. The molecule has 0 aliphatic heterocycles. The molecule has 2 N–H and O–H groups in total. The second kappa shape index (κ2) is 8.75. The maximum atomic E-state index is 13.0. The highest BCUT2D eigenvalue weighted by Crippen LogP contribution is 2.27. The van der Waals surface area contributed by atoms with E-state index in [0.717, 1.165) is 18.2 Å². The minimum absolute atomic E-state index is 0.00519. The second-order valence-corrected chi connectivity index (χ2v) is 7.95. The molecule has 0 spiro atoms. The van der Waals surface area contributed by atoms with Crippen molar-refractivity contribution in [3.63, 3.8) is 0 Å². The van der Waals surface area contributed by atoms with E-state index < -0.39 is 33.0 Å². The lowest BCUT2D eigenvalue weighted by molar-refractivity contribution is -0.148. The number of carboxylic acid groups (broad SMARTS) is 1. The van der Waals surface area contributed by atoms with Gasteiger partial charge in [0.15, 0.2) is 0 Å². The first kappa shape index (κ1) is 21.2. The molecule has 0 saturated carbocycles. The Balaban J connectivity index is 2.44. The summed E-state index contributed by atoms with van der Waals surface area (Å²) in [6.07, 6.45) is 0.483. The Labute approximate surface area is 162 Å². The summed E-state index contributed by atoms with van der Waals surface area (Å²) in [5.41, 5.74) is -1.74. The van der Waals surface area contributed by atoms with E-state index in [-0.39, 0.29) is 22.8 Å². The van der Waals surface area contributed by atoms with E-state index in [2.05, 4.69) is 0 Å². The van der Waals surface area contributed by atoms with Gasteiger partial charge < -0.3 is 19.7 Å². The number of aromatic hydroxyl groups is 1. The molecule has 28 heavy (non-hydrogen) atoms. The third-order valence-electron chi connectivity index (χ3n) is 3.68. The Morgan fingerprint density at radius 3 is 2.43 bits per heavy atom. The molecule has 0 bridgehead atoms. The van der Waals surface area contributed by atoms with Crippen LogP contribution in [0.5, 0.6) is 11.5 Å². The van der Waals surface area contributed by atoms with Gasteiger partial charge in [-0.1, -0.05) is 19.1 Å². The average Bonchev–Trinajstić information content (AvgIpc) is 2.63. The van der Waals surface area contributed by atoms with Crippen LogP contribution in [0.2, 0.25) is 0 Å². The van der Waals surface area contributed by atoms with Crippen molar-refractivity contribution in [2.45, 2.75) is 30.6 Å². The Morgan fingerprint density at radius 1 is 1.14 bits per heavy atom. The third kappa shape index (κ3) is 4.80. The fourth-order valence-electron chi connectivity index (χ4n) is 2.31. The molecular formula is C19H20O8S. The molecule has 150 valence electrons. The molecule has 2 aromatic rings. The van der Waals surface area contributed by atoms with Gasteiger partial charge in [0.2, 0.25) is 9.84 Å². The third-order valence-corrected chi connectivity index (χ3v) is 5.45. The van der Waals surface area contributed by atoms with E-state index >= 15 is 0 Å². The molecule has 0 aromatic heterocycles. The summed E-state index contributed by atoms with van der Waals surface area (Å²) in [4.78, 5) is 23.2. The lowest BCUT2D eigenvalue weighted by Gasteiger charge is -2.19. The average molecular weight is 408 g/mol. The molecule has 0 fully saturated rings. The Bertz CT molecular complexity index is 981. The topological polar surface area (TPSA) is 127 Å². The van der Waals surface area contributed by atoms with Crippen molar-refractivity contribution in [3.8, 4) is 11.5 Å². The zero-order chi connectivity index (χ0) is 20.9. The SMILES string of the molecule is CCCOC(=O)C(Oc1ccc(C(=O)O)c(O)c1)S(=O)(=O)c1cccc(C)c1. The van der Waals surface area contributed by atoms with Crippen molar-refractivity contribution in [3.05, 3.63) is 53.6 Å². The van der Waals surface area contributed by atoms with Gasteiger partial charge >= 0.3 is 11.9 Å². The number of hydrogen-bond donors (Lipinski definition) is 2. The highest BCUT2D eigenvalue weighted by Gasteiger charge is 2.38. The monoisotopic (exact) mass is 408 g/mol. The molecule has 2 rings (SSSR count). The smallest absolute Gasteiger partial charge is 0.363 e. The van der Waals surface area contributed by atoms with E-state index in [9.17, 15) is 23.1 Å². The van der Waals surface area contributed by atoms with Gasteiger partial charge in [0.25, 0.3) is 5.44 Å². The lowest BCUT2D eigenvalue weighted by atomic mass is 10.2. The van der Waals surface area contributed by atoms with Crippen molar-refractivity contribution < 1.29 is 37.7 Å². The number of carbonyl (C=O) groups excluding carboxylic acids is 1. The first-order chi connectivity index (χ1) is 13.2. The number of carbonyl (C=O) groups is 2. The van der Waals surface area contributed by atoms with Crippen LogP contribution < -0.4 is 4.74 Å². The van der Waals surface area contributed by atoms with E-state index in [1.807, 2.05) is 0 Å². The molecule has 1 atom stereocenters. The normalized spacial score (nSPS) is 12.2. The molecule has 9 heteroatoms. The number of esters is 1. The van der Waals surface area contributed by atoms with Crippen LogP contribution in [-0.2, 0) is 19.4 Å². The van der Waals surface area contributed by atoms with Crippen LogP contribution in [0.4, 0.5) is 0 Å². The lowest BCUT2D eigenvalue weighted by Crippen LogP contribution is -2.37. The van der Waals surface area contributed by atoms with Crippen LogP contribution in [0.1, 0.15) is 29.3 Å². The standard InChI is InChI=1S/C19H20O8S/c1-3-9-26-18(23)19(28(24,25)14-6-4-5-12(2)10-14)27-13-7-8-15(17(21)22)16(20)11-13/h4-8,10-11,19-20H,3,9H2,1-2H3,(H,21,22). The number of rotatable bonds is 8. The van der Waals surface area contributed by atoms with Crippen molar-refractivity contribution in [1.82, 2.24) is 0 Å². The van der Waals surface area contributed by atoms with E-state index in [0.29, 0.717) is 12.0 Å². The number of aromatic carboxylic acids is 1. The molecule has 0 aliphatic rings. The minimum Gasteiger partial charge on any atom is -0.507 e. The number of carboxylic acids is 1. The van der Waals surface area contributed by atoms with Crippen molar-refractivity contribution in [2.75, 3.05) is 6.61 Å². The summed E-state index contributed by atoms with van der Waals surface area (Å²) in [6.45, 7) is 3.46. The van der Waals surface area contributed by atoms with Gasteiger partial charge in [0.1, 0.15) is 17.1 Å². The fraction of sp³-hybridized carbons (Fsp3) is 0.263. The molecule has 0 aliphatic carbocycles. The number of ether oxygens (including phenoxy) is 2. The Kier molecular flexibility index (Phi) is 6.63. The summed E-state index contributed by atoms with van der Waals surface area (Å²) in [5.74, 6) is -3.30. The van der Waals surface area contributed by atoms with E-state index in [1.54, 1.807) is 19.9 Å². The molecule has 8 nitrogen and oxygen atoms in total. The first-order valence-electron chi connectivity index (χ1n) is 8.37. The number of aryl methyl sites for hydroxylation is 1. The Morgan fingerprint density at radius 2 is 1.86 bits per heavy atom. The second-order valence-electron chi connectivity index (χ2n) is 5.96. The number of hydrogen-bond acceptors (Lipinski definition) is 7. The van der Waals surface area contributed by atoms with Gasteiger partial charge in [0, 0.05) is 6.07 Å². The van der Waals surface area contributed by atoms with Crippen LogP contribution >= 0.6 is 0 Å². The molecule has 0 heterocycles. The minimum atomic E-state index is -4.29. The summed E-state index contributed by atoms with van der Waals surface area (Å²) in [5, 5.41) is 18.7. The molecule has 1 unspecified atom stereocenters. The van der Waals surface area contributed by atoms with Crippen LogP contribution in [0.15, 0.2) is 47.4 Å². The van der Waals surface area contributed by atoms with Gasteiger partial charge in [-0.05, 0) is 43.2 Å². The van der Waals surface area contributed by atoms with Crippen molar-refractivity contribution in [2.24, 2.45) is 0 Å². The largest absolute Gasteiger partial charge is 0.507 e. The van der Waals surface area contributed by atoms with Gasteiger partial charge in [-0.25, -0.2) is 18.0 Å². The zero-order valence-electron chi connectivity index (χ0n) is 15.3. The van der Waals surface area contributed by atoms with Crippen LogP contribution in [0.3, 0.4) is 0 Å². The number of sulfone groups is 1. The van der Waals surface area contributed by atoms with Crippen LogP contribution in [0, 0.1) is 6.92 Å². The van der Waals surface area contributed by atoms with Gasteiger partial charge in [0.05, 0.1) is 11.5 Å². The molecule has 0 saturated heterocycles. The Hall–Kier alpha value is -3.07. The molecular weight excluding hydrogens is 388 g/mol. The van der Waals surface area contributed by atoms with E-state index in [4.69, 9.17) is 14.6 Å². The molecule has 2 aromatic carbocycles. The quantitative estimate of drug-likeness (QED) is 0.638. The number of phenols is 1. The predicted octanol–water partition coefficient (Wildman–Crippen LogP) is 2.53. The van der Waals surface area contributed by atoms with Crippen molar-refractivity contribution in [1.29, 1.82) is 0 Å². The maximum Gasteiger partial charge on any atom is 0.363 e. The highest BCUT2D eigenvalue weighted by molar-refractivity contribution is 7.92. The fourth-order valence-corrected chi connectivity index (χ4v) is 3.74. The first-order valence-corrected chi connectivity index (χ1v) is 9.91. The zero-order valence-corrected chi connectivity index (χ0v) is 16.1. The van der Waals surface area contributed by atoms with E-state index in [1.165, 1.54) is 18.2 Å².